The van der Waals surface area contributed by atoms with Gasteiger partial charge in [-0.3, -0.25) is 4.79 Å². The van der Waals surface area contributed by atoms with Crippen LogP contribution in [0.15, 0.2) is 41.8 Å². The van der Waals surface area contributed by atoms with Gasteiger partial charge in [0.05, 0.1) is 10.5 Å². The number of carbonyl (C=O) groups excluding carboxylic acids is 1. The van der Waals surface area contributed by atoms with Crippen molar-refractivity contribution in [3.05, 3.63) is 42.5 Å². The van der Waals surface area contributed by atoms with Gasteiger partial charge < -0.3 is 4.90 Å². The van der Waals surface area contributed by atoms with Crippen molar-refractivity contribution in [2.75, 3.05) is 19.6 Å². The summed E-state index contributed by atoms with van der Waals surface area (Å²) in [6.45, 7) is 5.28. The van der Waals surface area contributed by atoms with Gasteiger partial charge in [-0.1, -0.05) is 25.6 Å². The Morgan fingerprint density at radius 1 is 1.32 bits per heavy atom. The predicted molar refractivity (Wildman–Crippen MR) is 86.2 cm³/mol. The molecule has 1 atom stereocenters. The molecule has 1 aromatic rings. The molecule has 1 aromatic carbocycles. The molecule has 0 saturated carbocycles. The summed E-state index contributed by atoms with van der Waals surface area (Å²) in [4.78, 5) is 12.4. The third-order valence-electron chi connectivity index (χ3n) is 4.17. The number of alkyl halides is 3. The summed E-state index contributed by atoms with van der Waals surface area (Å²) in [5, 5.41) is 0. The molecule has 1 aliphatic rings. The normalized spacial score (nSPS) is 19.7. The van der Waals surface area contributed by atoms with Gasteiger partial charge in [-0.2, -0.15) is 17.5 Å². The van der Waals surface area contributed by atoms with Crippen LogP contribution in [0.3, 0.4) is 0 Å². The van der Waals surface area contributed by atoms with Crippen molar-refractivity contribution in [1.29, 1.82) is 0 Å². The number of piperazine rings is 1. The number of hydrogen-bond donors (Lipinski definition) is 0. The van der Waals surface area contributed by atoms with Crippen molar-refractivity contribution in [2.45, 2.75) is 30.5 Å². The second-order valence-electron chi connectivity index (χ2n) is 5.66. The molecule has 138 valence electrons. The molecule has 0 N–H and O–H groups in total. The van der Waals surface area contributed by atoms with E-state index in [1.165, 1.54) is 11.0 Å². The SMILES string of the molecule is C=CC(=O)N1CCN(S(=O)(=O)c2ccccc2C(F)(F)F)C(CC)C1. The molecule has 2 rings (SSSR count). The van der Waals surface area contributed by atoms with Crippen LogP contribution in [-0.2, 0) is 21.0 Å². The number of amides is 1. The molecule has 0 bridgehead atoms. The van der Waals surface area contributed by atoms with Gasteiger partial charge in [0.2, 0.25) is 15.9 Å². The van der Waals surface area contributed by atoms with Crippen LogP contribution in [0.4, 0.5) is 13.2 Å². The van der Waals surface area contributed by atoms with Crippen LogP contribution in [0, 0.1) is 0 Å². The Bertz CT molecular complexity index is 762. The summed E-state index contributed by atoms with van der Waals surface area (Å²) in [5.74, 6) is -0.328. The van der Waals surface area contributed by atoms with E-state index in [-0.39, 0.29) is 25.5 Å². The van der Waals surface area contributed by atoms with Crippen LogP contribution in [-0.4, -0.2) is 49.2 Å². The molecule has 0 aliphatic carbocycles. The van der Waals surface area contributed by atoms with Crippen molar-refractivity contribution >= 4 is 15.9 Å². The standard InChI is InChI=1S/C16H19F3N2O3S/c1-3-12-11-20(15(22)4-2)9-10-21(12)25(23,24)14-8-6-5-7-13(14)16(17,18)19/h4-8,12H,2-3,9-11H2,1H3. The van der Waals surface area contributed by atoms with Gasteiger partial charge in [-0.05, 0) is 24.6 Å². The van der Waals surface area contributed by atoms with E-state index >= 15 is 0 Å². The Morgan fingerprint density at radius 2 is 1.96 bits per heavy atom. The zero-order valence-electron chi connectivity index (χ0n) is 13.7. The quantitative estimate of drug-likeness (QED) is 0.759. The fourth-order valence-electron chi connectivity index (χ4n) is 2.87. The number of hydrogen-bond acceptors (Lipinski definition) is 3. The summed E-state index contributed by atoms with van der Waals surface area (Å²) < 4.78 is 66.4. The van der Waals surface area contributed by atoms with Crippen LogP contribution in [0.1, 0.15) is 18.9 Å². The maximum Gasteiger partial charge on any atom is 0.417 e. The van der Waals surface area contributed by atoms with Crippen molar-refractivity contribution in [2.24, 2.45) is 0 Å². The Kier molecular flexibility index (Phi) is 5.58. The molecule has 1 saturated heterocycles. The van der Waals surface area contributed by atoms with Gasteiger partial charge in [-0.25, -0.2) is 8.42 Å². The fourth-order valence-corrected chi connectivity index (χ4v) is 4.76. The number of carbonyl (C=O) groups is 1. The van der Waals surface area contributed by atoms with Crippen molar-refractivity contribution in [1.82, 2.24) is 9.21 Å². The van der Waals surface area contributed by atoms with E-state index in [4.69, 9.17) is 0 Å². The van der Waals surface area contributed by atoms with E-state index < -0.39 is 32.7 Å². The lowest BCUT2D eigenvalue weighted by atomic mass is 10.1. The number of nitrogens with zero attached hydrogens (tertiary/aromatic N) is 2. The third kappa shape index (κ3) is 3.87. The minimum Gasteiger partial charge on any atom is -0.336 e. The monoisotopic (exact) mass is 376 g/mol. The highest BCUT2D eigenvalue weighted by Crippen LogP contribution is 2.36. The molecule has 0 spiro atoms. The summed E-state index contributed by atoms with van der Waals surface area (Å²) >= 11 is 0. The van der Waals surface area contributed by atoms with Gasteiger partial charge in [-0.15, -0.1) is 0 Å². The highest BCUT2D eigenvalue weighted by molar-refractivity contribution is 7.89. The van der Waals surface area contributed by atoms with Crippen molar-refractivity contribution in [3.8, 4) is 0 Å². The molecule has 1 fully saturated rings. The van der Waals surface area contributed by atoms with Gasteiger partial charge in [0, 0.05) is 25.7 Å². The average molecular weight is 376 g/mol. The summed E-state index contributed by atoms with van der Waals surface area (Å²) in [6, 6.07) is 3.54. The molecule has 1 amide bonds. The molecule has 9 heteroatoms. The third-order valence-corrected chi connectivity index (χ3v) is 6.18. The van der Waals surface area contributed by atoms with Crippen LogP contribution in [0.5, 0.6) is 0 Å². The smallest absolute Gasteiger partial charge is 0.336 e. The minimum absolute atomic E-state index is 0.0629. The Labute approximate surface area is 144 Å². The zero-order valence-corrected chi connectivity index (χ0v) is 14.5. The number of halogens is 3. The van der Waals surface area contributed by atoms with E-state index in [1.807, 2.05) is 0 Å². The first kappa shape index (κ1) is 19.5. The van der Waals surface area contributed by atoms with Crippen molar-refractivity contribution < 1.29 is 26.4 Å². The maximum atomic E-state index is 13.2. The molecule has 1 aliphatic heterocycles. The summed E-state index contributed by atoms with van der Waals surface area (Å²) in [7, 11) is -4.34. The molecule has 1 heterocycles. The molecule has 1 unspecified atom stereocenters. The number of rotatable bonds is 4. The van der Waals surface area contributed by atoms with Crippen LogP contribution >= 0.6 is 0 Å². The maximum absolute atomic E-state index is 13.2. The van der Waals surface area contributed by atoms with E-state index in [0.717, 1.165) is 28.6 Å². The highest BCUT2D eigenvalue weighted by atomic mass is 32.2. The number of benzene rings is 1. The topological polar surface area (TPSA) is 57.7 Å². The minimum atomic E-state index is -4.77. The molecular weight excluding hydrogens is 357 g/mol. The van der Waals surface area contributed by atoms with Gasteiger partial charge in [0.25, 0.3) is 0 Å². The molecule has 0 radical (unpaired) electrons. The van der Waals surface area contributed by atoms with Gasteiger partial charge >= 0.3 is 6.18 Å². The van der Waals surface area contributed by atoms with Crippen LogP contribution in [0.25, 0.3) is 0 Å². The van der Waals surface area contributed by atoms with Crippen LogP contribution in [0.2, 0.25) is 0 Å². The molecule has 5 nitrogen and oxygen atoms in total. The zero-order chi connectivity index (χ0) is 18.8. The first-order valence-electron chi connectivity index (χ1n) is 7.72. The first-order chi connectivity index (χ1) is 11.6. The van der Waals surface area contributed by atoms with E-state index in [1.54, 1.807) is 6.92 Å². The molecule has 25 heavy (non-hydrogen) atoms. The highest BCUT2D eigenvalue weighted by Gasteiger charge is 2.42. The lowest BCUT2D eigenvalue weighted by molar-refractivity contribution is -0.139. The van der Waals surface area contributed by atoms with E-state index in [0.29, 0.717) is 6.42 Å². The Hall–Kier alpha value is -1.87. The van der Waals surface area contributed by atoms with Crippen LogP contribution < -0.4 is 0 Å². The first-order valence-corrected chi connectivity index (χ1v) is 9.16. The summed E-state index contributed by atoms with van der Waals surface area (Å²) in [6.07, 6.45) is -3.27. The Balaban J connectivity index is 2.41. The lowest BCUT2D eigenvalue weighted by Gasteiger charge is -2.40. The molecular formula is C16H19F3N2O3S. The van der Waals surface area contributed by atoms with E-state index in [9.17, 15) is 26.4 Å². The fraction of sp³-hybridized carbons (Fsp3) is 0.438. The lowest BCUT2D eigenvalue weighted by Crippen LogP contribution is -2.56. The Morgan fingerprint density at radius 3 is 2.52 bits per heavy atom. The second-order valence-corrected chi connectivity index (χ2v) is 7.52. The summed E-state index contributed by atoms with van der Waals surface area (Å²) in [5.41, 5.74) is -1.19. The largest absolute Gasteiger partial charge is 0.417 e. The molecule has 0 aromatic heterocycles. The number of sulfonamides is 1. The predicted octanol–water partition coefficient (Wildman–Crippen LogP) is 2.50. The van der Waals surface area contributed by atoms with Gasteiger partial charge in [0.15, 0.2) is 0 Å². The van der Waals surface area contributed by atoms with Gasteiger partial charge in [0.1, 0.15) is 0 Å². The average Bonchev–Trinajstić information content (AvgIpc) is 2.59. The van der Waals surface area contributed by atoms with E-state index in [2.05, 4.69) is 6.58 Å². The second kappa shape index (κ2) is 7.17. The van der Waals surface area contributed by atoms with Crippen molar-refractivity contribution in [3.63, 3.8) is 0 Å².